The summed E-state index contributed by atoms with van der Waals surface area (Å²) in [6, 6.07) is 2.06. The van der Waals surface area contributed by atoms with Crippen LogP contribution in [0.1, 0.15) is 58.3 Å². The molecule has 0 spiro atoms. The maximum Gasteiger partial charge on any atom is 0.333 e. The second-order valence-corrected chi connectivity index (χ2v) is 4.91. The molecule has 0 aliphatic rings. The van der Waals surface area contributed by atoms with Crippen LogP contribution >= 0.6 is 0 Å². The van der Waals surface area contributed by atoms with Gasteiger partial charge in [-0.25, -0.2) is 4.79 Å². The van der Waals surface area contributed by atoms with Gasteiger partial charge in [0.25, 0.3) is 0 Å². The first-order valence-corrected chi connectivity index (χ1v) is 7.45. The summed E-state index contributed by atoms with van der Waals surface area (Å²) >= 11 is 0. The van der Waals surface area contributed by atoms with E-state index in [4.69, 9.17) is 14.7 Å². The summed E-state index contributed by atoms with van der Waals surface area (Å²) in [6.45, 7) is 7.01. The largest absolute Gasteiger partial charge is 0.462 e. The van der Waals surface area contributed by atoms with Crippen LogP contribution in [0.25, 0.3) is 0 Å². The van der Waals surface area contributed by atoms with Gasteiger partial charge in [0.15, 0.2) is 0 Å². The number of unbranched alkanes of at least 4 members (excludes halogenated alkanes) is 6. The molecule has 0 aromatic rings. The van der Waals surface area contributed by atoms with Crippen molar-refractivity contribution < 1.29 is 14.3 Å². The van der Waals surface area contributed by atoms with Gasteiger partial charge in [0, 0.05) is 12.2 Å². The Balaban J connectivity index is 3.08. The van der Waals surface area contributed by atoms with E-state index in [0.717, 1.165) is 25.9 Å². The third-order valence-corrected chi connectivity index (χ3v) is 2.87. The number of rotatable bonds is 13. The number of ether oxygens (including phenoxy) is 2. The molecule has 0 fully saturated rings. The van der Waals surface area contributed by atoms with Gasteiger partial charge < -0.3 is 9.47 Å². The Morgan fingerprint density at radius 3 is 2.10 bits per heavy atom. The molecule has 20 heavy (non-hydrogen) atoms. The van der Waals surface area contributed by atoms with Gasteiger partial charge in [-0.3, -0.25) is 0 Å². The number of hydrogen-bond acceptors (Lipinski definition) is 4. The first-order chi connectivity index (χ1) is 9.68. The van der Waals surface area contributed by atoms with Gasteiger partial charge in [-0.2, -0.15) is 5.26 Å². The summed E-state index contributed by atoms with van der Waals surface area (Å²) in [5, 5.41) is 8.32. The van der Waals surface area contributed by atoms with Gasteiger partial charge in [-0.05, 0) is 19.8 Å². The van der Waals surface area contributed by atoms with Crippen LogP contribution in [0.3, 0.4) is 0 Å². The van der Waals surface area contributed by atoms with Crippen molar-refractivity contribution in [2.24, 2.45) is 0 Å². The molecule has 0 rings (SSSR count). The molecule has 0 aromatic carbocycles. The summed E-state index contributed by atoms with van der Waals surface area (Å²) in [6.07, 6.45) is 8.37. The van der Waals surface area contributed by atoms with Crippen LogP contribution in [0.5, 0.6) is 0 Å². The molecule has 0 heterocycles. The van der Waals surface area contributed by atoms with Crippen LogP contribution < -0.4 is 0 Å². The van der Waals surface area contributed by atoms with Crippen LogP contribution in [0, 0.1) is 11.3 Å². The van der Waals surface area contributed by atoms with Crippen molar-refractivity contribution in [2.45, 2.75) is 58.3 Å². The molecule has 0 atom stereocenters. The van der Waals surface area contributed by atoms with E-state index in [1.165, 1.54) is 25.7 Å². The highest BCUT2D eigenvalue weighted by Gasteiger charge is 2.01. The van der Waals surface area contributed by atoms with Crippen LogP contribution in [0.4, 0.5) is 0 Å². The highest BCUT2D eigenvalue weighted by Crippen LogP contribution is 2.07. The Morgan fingerprint density at radius 1 is 1.00 bits per heavy atom. The fraction of sp³-hybridized carbons (Fsp3) is 0.750. The summed E-state index contributed by atoms with van der Waals surface area (Å²) in [5.41, 5.74) is 0.460. The average Bonchev–Trinajstić information content (AvgIpc) is 2.43. The molecule has 4 heteroatoms. The van der Waals surface area contributed by atoms with Gasteiger partial charge in [-0.1, -0.05) is 38.7 Å². The summed E-state index contributed by atoms with van der Waals surface area (Å²) in [4.78, 5) is 11.1. The third kappa shape index (κ3) is 13.1. The van der Waals surface area contributed by atoms with E-state index >= 15 is 0 Å². The molecule has 0 unspecified atom stereocenters. The second-order valence-electron chi connectivity index (χ2n) is 4.91. The molecular formula is C16H27NO3. The second kappa shape index (κ2) is 14.1. The molecular weight excluding hydrogens is 254 g/mol. The Bertz CT molecular complexity index is 307. The molecule has 0 aliphatic carbocycles. The Morgan fingerprint density at radius 2 is 1.55 bits per heavy atom. The third-order valence-electron chi connectivity index (χ3n) is 2.87. The van der Waals surface area contributed by atoms with Crippen molar-refractivity contribution in [3.63, 3.8) is 0 Å². The van der Waals surface area contributed by atoms with E-state index in [1.807, 2.05) is 0 Å². The molecule has 0 aromatic heterocycles. The zero-order valence-electron chi connectivity index (χ0n) is 12.7. The van der Waals surface area contributed by atoms with Crippen LogP contribution in [-0.2, 0) is 14.3 Å². The van der Waals surface area contributed by atoms with Crippen molar-refractivity contribution in [3.8, 4) is 6.07 Å². The SMILES string of the molecule is C=C(C)C(=O)OCCCCCCCCCOCCC#N. The fourth-order valence-electron chi connectivity index (χ4n) is 1.70. The number of nitrogens with zero attached hydrogens (tertiary/aromatic N) is 1. The van der Waals surface area contributed by atoms with E-state index in [-0.39, 0.29) is 5.97 Å². The number of esters is 1. The lowest BCUT2D eigenvalue weighted by molar-refractivity contribution is -0.139. The Labute approximate surface area is 122 Å². The van der Waals surface area contributed by atoms with Gasteiger partial charge >= 0.3 is 5.97 Å². The standard InChI is InChI=1S/C16H27NO3/c1-15(2)16(18)20-14-9-7-5-3-4-6-8-12-19-13-10-11-17/h1,3-10,12-14H2,2H3. The molecule has 0 bridgehead atoms. The first kappa shape index (κ1) is 18.7. The molecule has 0 saturated carbocycles. The summed E-state index contributed by atoms with van der Waals surface area (Å²) in [5.74, 6) is -0.290. The minimum Gasteiger partial charge on any atom is -0.462 e. The lowest BCUT2D eigenvalue weighted by Crippen LogP contribution is -2.05. The van der Waals surface area contributed by atoms with Crippen molar-refractivity contribution in [2.75, 3.05) is 19.8 Å². The predicted molar refractivity (Wildman–Crippen MR) is 79.1 cm³/mol. The molecule has 0 N–H and O–H groups in total. The fourth-order valence-corrected chi connectivity index (χ4v) is 1.70. The maximum atomic E-state index is 11.1. The van der Waals surface area contributed by atoms with E-state index in [0.29, 0.717) is 25.2 Å². The summed E-state index contributed by atoms with van der Waals surface area (Å²) < 4.78 is 10.3. The van der Waals surface area contributed by atoms with Crippen LogP contribution in [0.15, 0.2) is 12.2 Å². The normalized spacial score (nSPS) is 10.0. The number of carbonyl (C=O) groups is 1. The minimum atomic E-state index is -0.290. The number of carbonyl (C=O) groups excluding carboxylic acids is 1. The molecule has 114 valence electrons. The van der Waals surface area contributed by atoms with E-state index in [2.05, 4.69) is 12.6 Å². The number of hydrogen-bond donors (Lipinski definition) is 0. The van der Waals surface area contributed by atoms with Crippen molar-refractivity contribution in [1.82, 2.24) is 0 Å². The van der Waals surface area contributed by atoms with E-state index in [1.54, 1.807) is 6.92 Å². The van der Waals surface area contributed by atoms with Gasteiger partial charge in [0.2, 0.25) is 0 Å². The van der Waals surface area contributed by atoms with Gasteiger partial charge in [0.1, 0.15) is 0 Å². The lowest BCUT2D eigenvalue weighted by Gasteiger charge is -2.04. The van der Waals surface area contributed by atoms with Crippen molar-refractivity contribution in [1.29, 1.82) is 5.26 Å². The van der Waals surface area contributed by atoms with Crippen molar-refractivity contribution in [3.05, 3.63) is 12.2 Å². The Kier molecular flexibility index (Phi) is 13.1. The zero-order chi connectivity index (χ0) is 15.1. The minimum absolute atomic E-state index is 0.290. The van der Waals surface area contributed by atoms with E-state index < -0.39 is 0 Å². The van der Waals surface area contributed by atoms with Crippen LogP contribution in [-0.4, -0.2) is 25.8 Å². The van der Waals surface area contributed by atoms with E-state index in [9.17, 15) is 4.79 Å². The molecule has 0 amide bonds. The molecule has 0 radical (unpaired) electrons. The monoisotopic (exact) mass is 281 g/mol. The quantitative estimate of drug-likeness (QED) is 0.293. The molecule has 0 aliphatic heterocycles. The maximum absolute atomic E-state index is 11.1. The Hall–Kier alpha value is -1.34. The van der Waals surface area contributed by atoms with Crippen molar-refractivity contribution >= 4 is 5.97 Å². The highest BCUT2D eigenvalue weighted by atomic mass is 16.5. The molecule has 0 saturated heterocycles. The number of nitriles is 1. The topological polar surface area (TPSA) is 59.3 Å². The molecule has 4 nitrogen and oxygen atoms in total. The van der Waals surface area contributed by atoms with Gasteiger partial charge in [-0.15, -0.1) is 0 Å². The zero-order valence-corrected chi connectivity index (χ0v) is 12.7. The predicted octanol–water partition coefficient (Wildman–Crippen LogP) is 3.77. The first-order valence-electron chi connectivity index (χ1n) is 7.45. The van der Waals surface area contributed by atoms with Gasteiger partial charge in [0.05, 0.1) is 25.7 Å². The lowest BCUT2D eigenvalue weighted by atomic mass is 10.1. The highest BCUT2D eigenvalue weighted by molar-refractivity contribution is 5.86. The smallest absolute Gasteiger partial charge is 0.333 e. The van der Waals surface area contributed by atoms with Crippen LogP contribution in [0.2, 0.25) is 0 Å². The average molecular weight is 281 g/mol. The summed E-state index contributed by atoms with van der Waals surface area (Å²) in [7, 11) is 0.